The van der Waals surface area contributed by atoms with Crippen LogP contribution in [-0.4, -0.2) is 39.5 Å². The van der Waals surface area contributed by atoms with Crippen LogP contribution in [0.1, 0.15) is 12.0 Å². The number of aryl methyl sites for hydroxylation is 1. The Kier molecular flexibility index (Phi) is 4.00. The Hall–Kier alpha value is -2.10. The van der Waals surface area contributed by atoms with Crippen LogP contribution in [0.4, 0.5) is 5.82 Å². The Bertz CT molecular complexity index is 611. The molecule has 0 spiro atoms. The number of nitrogens with zero attached hydrogens (tertiary/aromatic N) is 3. The van der Waals surface area contributed by atoms with Crippen molar-refractivity contribution in [2.24, 2.45) is 0 Å². The van der Waals surface area contributed by atoms with Gasteiger partial charge in [0.2, 0.25) is 0 Å². The highest BCUT2D eigenvalue weighted by molar-refractivity contribution is 5.92. The minimum atomic E-state index is -0.203. The molecule has 1 unspecified atom stereocenters. The SMILES string of the molecule is C#Cc1cn(CCC(CO)OC)c2ncnc(N)c12. The summed E-state index contributed by atoms with van der Waals surface area (Å²) in [5.74, 6) is 2.96. The molecule has 0 aliphatic heterocycles. The summed E-state index contributed by atoms with van der Waals surface area (Å²) in [6.45, 7) is 0.614. The molecule has 0 fully saturated rings. The van der Waals surface area contributed by atoms with E-state index >= 15 is 0 Å². The molecule has 0 saturated carbocycles. The van der Waals surface area contributed by atoms with Gasteiger partial charge in [-0.3, -0.25) is 0 Å². The maximum absolute atomic E-state index is 9.10. The maximum atomic E-state index is 9.10. The van der Waals surface area contributed by atoms with Crippen molar-refractivity contribution in [2.75, 3.05) is 19.5 Å². The summed E-state index contributed by atoms with van der Waals surface area (Å²) in [6.07, 6.45) is 9.15. The fourth-order valence-corrected chi connectivity index (χ4v) is 1.99. The van der Waals surface area contributed by atoms with E-state index in [-0.39, 0.29) is 12.7 Å². The van der Waals surface area contributed by atoms with Crippen molar-refractivity contribution in [3.8, 4) is 12.3 Å². The van der Waals surface area contributed by atoms with Crippen LogP contribution in [0, 0.1) is 12.3 Å². The van der Waals surface area contributed by atoms with Crippen LogP contribution in [0.25, 0.3) is 11.0 Å². The van der Waals surface area contributed by atoms with Gasteiger partial charge in [-0.1, -0.05) is 5.92 Å². The molecule has 0 amide bonds. The number of nitrogens with two attached hydrogens (primary N) is 1. The molecule has 19 heavy (non-hydrogen) atoms. The van der Waals surface area contributed by atoms with Crippen LogP contribution in [-0.2, 0) is 11.3 Å². The van der Waals surface area contributed by atoms with Crippen LogP contribution >= 0.6 is 0 Å². The largest absolute Gasteiger partial charge is 0.394 e. The third kappa shape index (κ3) is 2.52. The van der Waals surface area contributed by atoms with Gasteiger partial charge in [0, 0.05) is 19.9 Å². The number of aromatic nitrogens is 3. The summed E-state index contributed by atoms with van der Waals surface area (Å²) in [7, 11) is 1.57. The van der Waals surface area contributed by atoms with Crippen LogP contribution in [0.3, 0.4) is 0 Å². The first-order chi connectivity index (χ1) is 9.21. The van der Waals surface area contributed by atoms with Gasteiger partial charge < -0.3 is 20.1 Å². The van der Waals surface area contributed by atoms with Gasteiger partial charge in [0.15, 0.2) is 0 Å². The van der Waals surface area contributed by atoms with E-state index in [2.05, 4.69) is 15.9 Å². The first-order valence-electron chi connectivity index (χ1n) is 5.90. The quantitative estimate of drug-likeness (QED) is 0.760. The van der Waals surface area contributed by atoms with Crippen molar-refractivity contribution >= 4 is 16.9 Å². The summed E-state index contributed by atoms with van der Waals surface area (Å²) < 4.78 is 7.04. The zero-order valence-corrected chi connectivity index (χ0v) is 10.7. The predicted molar refractivity (Wildman–Crippen MR) is 72.4 cm³/mol. The zero-order chi connectivity index (χ0) is 13.8. The fraction of sp³-hybridized carbons (Fsp3) is 0.385. The highest BCUT2D eigenvalue weighted by atomic mass is 16.5. The van der Waals surface area contributed by atoms with Gasteiger partial charge in [-0.2, -0.15) is 0 Å². The highest BCUT2D eigenvalue weighted by Gasteiger charge is 2.13. The van der Waals surface area contributed by atoms with Gasteiger partial charge in [-0.25, -0.2) is 9.97 Å². The number of anilines is 1. The Morgan fingerprint density at radius 3 is 3.00 bits per heavy atom. The maximum Gasteiger partial charge on any atom is 0.146 e. The second kappa shape index (κ2) is 5.69. The molecule has 2 heterocycles. The molecule has 2 aromatic rings. The lowest BCUT2D eigenvalue weighted by Crippen LogP contribution is -2.18. The van der Waals surface area contributed by atoms with Gasteiger partial charge >= 0.3 is 0 Å². The first-order valence-corrected chi connectivity index (χ1v) is 5.90. The number of nitrogen functional groups attached to an aromatic ring is 1. The molecule has 2 rings (SSSR count). The van der Waals surface area contributed by atoms with E-state index in [1.54, 1.807) is 7.11 Å². The molecule has 100 valence electrons. The van der Waals surface area contributed by atoms with Crippen molar-refractivity contribution < 1.29 is 9.84 Å². The van der Waals surface area contributed by atoms with E-state index in [4.69, 9.17) is 22.0 Å². The lowest BCUT2D eigenvalue weighted by atomic mass is 10.2. The smallest absolute Gasteiger partial charge is 0.146 e. The third-order valence-corrected chi connectivity index (χ3v) is 3.07. The number of methoxy groups -OCH3 is 1. The molecule has 0 aliphatic carbocycles. The Morgan fingerprint density at radius 1 is 1.58 bits per heavy atom. The molecule has 6 heteroatoms. The lowest BCUT2D eigenvalue weighted by Gasteiger charge is -2.12. The fourth-order valence-electron chi connectivity index (χ4n) is 1.99. The van der Waals surface area contributed by atoms with Gasteiger partial charge in [-0.15, -0.1) is 6.42 Å². The summed E-state index contributed by atoms with van der Waals surface area (Å²) in [5, 5.41) is 9.80. The summed E-state index contributed by atoms with van der Waals surface area (Å²) in [4.78, 5) is 8.16. The number of rotatable bonds is 5. The standard InChI is InChI=1S/C13H16N4O2/c1-3-9-6-17(5-4-10(7-18)19-2)13-11(9)12(14)15-8-16-13/h1,6,8,10,18H,4-5,7H2,2H3,(H2,14,15,16). The van der Waals surface area contributed by atoms with Crippen molar-refractivity contribution in [1.29, 1.82) is 0 Å². The summed E-state index contributed by atoms with van der Waals surface area (Å²) >= 11 is 0. The molecule has 0 aromatic carbocycles. The molecule has 1 atom stereocenters. The van der Waals surface area contributed by atoms with Gasteiger partial charge in [-0.05, 0) is 6.42 Å². The molecule has 0 bridgehead atoms. The molecular weight excluding hydrogens is 244 g/mol. The normalized spacial score (nSPS) is 12.5. The average Bonchev–Trinajstić information content (AvgIpc) is 2.80. The van der Waals surface area contributed by atoms with Gasteiger partial charge in [0.05, 0.1) is 23.7 Å². The van der Waals surface area contributed by atoms with Gasteiger partial charge in [0.1, 0.15) is 17.8 Å². The molecule has 3 N–H and O–H groups in total. The first kappa shape index (κ1) is 13.3. The number of hydrogen-bond acceptors (Lipinski definition) is 5. The van der Waals surface area contributed by atoms with E-state index in [9.17, 15) is 0 Å². The second-order valence-corrected chi connectivity index (χ2v) is 4.17. The van der Waals surface area contributed by atoms with E-state index in [1.807, 2.05) is 10.8 Å². The van der Waals surface area contributed by atoms with Crippen LogP contribution in [0.15, 0.2) is 12.5 Å². The topological polar surface area (TPSA) is 86.2 Å². The lowest BCUT2D eigenvalue weighted by molar-refractivity contribution is 0.0405. The second-order valence-electron chi connectivity index (χ2n) is 4.17. The minimum absolute atomic E-state index is 0.0190. The van der Waals surface area contributed by atoms with Crippen molar-refractivity contribution in [1.82, 2.24) is 14.5 Å². The monoisotopic (exact) mass is 260 g/mol. The molecule has 0 aliphatic rings. The summed E-state index contributed by atoms with van der Waals surface area (Å²) in [6, 6.07) is 0. The molecule has 2 aromatic heterocycles. The number of aliphatic hydroxyl groups is 1. The van der Waals surface area contributed by atoms with Gasteiger partial charge in [0.25, 0.3) is 0 Å². The molecular formula is C13H16N4O2. The molecule has 6 nitrogen and oxygen atoms in total. The van der Waals surface area contributed by atoms with E-state index in [0.717, 1.165) is 0 Å². The van der Waals surface area contributed by atoms with Crippen molar-refractivity contribution in [3.05, 3.63) is 18.1 Å². The zero-order valence-electron chi connectivity index (χ0n) is 10.7. The number of terminal acetylenes is 1. The van der Waals surface area contributed by atoms with Crippen molar-refractivity contribution in [2.45, 2.75) is 19.1 Å². The van der Waals surface area contributed by atoms with E-state index in [0.29, 0.717) is 35.4 Å². The van der Waals surface area contributed by atoms with Crippen LogP contribution in [0.2, 0.25) is 0 Å². The number of aliphatic hydroxyl groups excluding tert-OH is 1. The number of ether oxygens (including phenoxy) is 1. The highest BCUT2D eigenvalue weighted by Crippen LogP contribution is 2.23. The van der Waals surface area contributed by atoms with Crippen LogP contribution in [0.5, 0.6) is 0 Å². The Labute approximate surface area is 111 Å². The van der Waals surface area contributed by atoms with E-state index in [1.165, 1.54) is 6.33 Å². The Morgan fingerprint density at radius 2 is 2.37 bits per heavy atom. The molecule has 0 radical (unpaired) electrons. The summed E-state index contributed by atoms with van der Waals surface area (Å²) in [5.41, 5.74) is 7.20. The predicted octanol–water partition coefficient (Wildman–Crippen LogP) is 0.392. The minimum Gasteiger partial charge on any atom is -0.394 e. The van der Waals surface area contributed by atoms with E-state index < -0.39 is 0 Å². The average molecular weight is 260 g/mol. The Balaban J connectivity index is 2.34. The number of fused-ring (bicyclic) bond motifs is 1. The van der Waals surface area contributed by atoms with Crippen LogP contribution < -0.4 is 5.73 Å². The third-order valence-electron chi connectivity index (χ3n) is 3.07. The number of hydrogen-bond donors (Lipinski definition) is 2. The van der Waals surface area contributed by atoms with Crippen molar-refractivity contribution in [3.63, 3.8) is 0 Å². The molecule has 0 saturated heterocycles.